The lowest BCUT2D eigenvalue weighted by Gasteiger charge is -2.34. The number of amides is 1. The molecule has 2 aromatic rings. The maximum Gasteiger partial charge on any atom is 0.237 e. The van der Waals surface area contributed by atoms with E-state index in [1.165, 1.54) is 42.6 Å². The van der Waals surface area contributed by atoms with Crippen molar-refractivity contribution in [1.29, 1.82) is 5.26 Å². The molecule has 4 N–H and O–H groups in total. The van der Waals surface area contributed by atoms with Gasteiger partial charge in [0.2, 0.25) is 5.91 Å². The summed E-state index contributed by atoms with van der Waals surface area (Å²) < 4.78 is 28.9. The summed E-state index contributed by atoms with van der Waals surface area (Å²) in [5.74, 6) is -1.79. The van der Waals surface area contributed by atoms with Gasteiger partial charge in [0.25, 0.3) is 0 Å². The third-order valence-electron chi connectivity index (χ3n) is 6.22. The van der Waals surface area contributed by atoms with Crippen LogP contribution in [-0.2, 0) is 10.3 Å². The molecule has 1 aromatic heterocycles. The first kappa shape index (κ1) is 23.9. The Bertz CT molecular complexity index is 1240. The van der Waals surface area contributed by atoms with Gasteiger partial charge in [-0.25, -0.2) is 8.78 Å². The van der Waals surface area contributed by atoms with Gasteiger partial charge < -0.3 is 16.2 Å². The van der Waals surface area contributed by atoms with Crippen molar-refractivity contribution in [2.24, 2.45) is 16.6 Å². The van der Waals surface area contributed by atoms with E-state index in [0.717, 1.165) is 11.8 Å². The second-order valence-electron chi connectivity index (χ2n) is 8.68. The van der Waals surface area contributed by atoms with Gasteiger partial charge in [-0.2, -0.15) is 5.26 Å². The maximum absolute atomic E-state index is 15.0. The third-order valence-corrected chi connectivity index (χ3v) is 7.52. The number of nitrogens with one attached hydrogen (secondary N) is 1. The summed E-state index contributed by atoms with van der Waals surface area (Å²) >= 11 is 1.15. The molecule has 0 saturated heterocycles. The number of nitrogens with two attached hydrogens (primary N) is 1. The number of pyridine rings is 1. The van der Waals surface area contributed by atoms with Crippen LogP contribution in [0, 0.1) is 23.1 Å². The topological polar surface area (TPSA) is 124 Å². The lowest BCUT2D eigenvalue weighted by atomic mass is 9.84. The van der Waals surface area contributed by atoms with Crippen LogP contribution in [0.1, 0.15) is 42.7 Å². The van der Waals surface area contributed by atoms with Crippen molar-refractivity contribution in [2.75, 3.05) is 6.61 Å². The lowest BCUT2D eigenvalue weighted by molar-refractivity contribution is -0.122. The first-order valence-electron chi connectivity index (χ1n) is 10.6. The summed E-state index contributed by atoms with van der Waals surface area (Å²) in [7, 11) is 0. The molecule has 1 amide bonds. The van der Waals surface area contributed by atoms with Crippen molar-refractivity contribution in [2.45, 2.75) is 36.6 Å². The smallest absolute Gasteiger partial charge is 0.237 e. The molecule has 0 radical (unpaired) electrons. The van der Waals surface area contributed by atoms with E-state index in [4.69, 9.17) is 11.0 Å². The number of nitriles is 1. The Morgan fingerprint density at radius 2 is 2.24 bits per heavy atom. The number of rotatable bonds is 6. The standard InChI is InChI=1S/C24H23F2N5O2S/c1-13(12-32)30-21(33)24-9-20(24)23(2,31-22(28)34-24)16-7-14(3-5-17(16)25)8-18(26)19-6-4-15(10-27)11-29-19/h3-8,11,13,20,32H,9,12H2,1-2H3,(H2,28,31)(H,30,33)/b18-8-/t13?,20-,23+,24-/m0/s1. The average molecular weight is 484 g/mol. The van der Waals surface area contributed by atoms with Gasteiger partial charge in [-0.05, 0) is 56.2 Å². The number of carbonyl (C=O) groups excluding carboxylic acids is 1. The number of thioether (sulfide) groups is 1. The van der Waals surface area contributed by atoms with Crippen molar-refractivity contribution < 1.29 is 18.7 Å². The summed E-state index contributed by atoms with van der Waals surface area (Å²) in [6, 6.07) is 8.51. The number of aromatic nitrogens is 1. The van der Waals surface area contributed by atoms with Crippen LogP contribution in [0.25, 0.3) is 11.9 Å². The van der Waals surface area contributed by atoms with E-state index in [1.807, 2.05) is 6.07 Å². The molecule has 2 aliphatic rings. The summed E-state index contributed by atoms with van der Waals surface area (Å²) in [6.45, 7) is 3.20. The van der Waals surface area contributed by atoms with Crippen molar-refractivity contribution in [3.63, 3.8) is 0 Å². The number of nitrogens with zero attached hydrogens (tertiary/aromatic N) is 3. The summed E-state index contributed by atoms with van der Waals surface area (Å²) in [5, 5.41) is 21.1. The normalized spacial score (nSPS) is 26.6. The molecule has 1 saturated carbocycles. The molecule has 34 heavy (non-hydrogen) atoms. The number of benzene rings is 1. The van der Waals surface area contributed by atoms with Crippen LogP contribution < -0.4 is 11.1 Å². The van der Waals surface area contributed by atoms with E-state index < -0.39 is 28.0 Å². The minimum atomic E-state index is -1.13. The Balaban J connectivity index is 1.68. The fraction of sp³-hybridized carbons (Fsp3) is 0.333. The van der Waals surface area contributed by atoms with Gasteiger partial charge in [-0.15, -0.1) is 0 Å². The number of aliphatic hydroxyl groups is 1. The molecule has 1 unspecified atom stereocenters. The second kappa shape index (κ2) is 8.81. The molecule has 1 aliphatic carbocycles. The van der Waals surface area contributed by atoms with Gasteiger partial charge >= 0.3 is 0 Å². The Morgan fingerprint density at radius 1 is 1.47 bits per heavy atom. The minimum absolute atomic E-state index is 0.0447. The molecular weight excluding hydrogens is 460 g/mol. The highest BCUT2D eigenvalue weighted by atomic mass is 32.2. The quantitative estimate of drug-likeness (QED) is 0.580. The van der Waals surface area contributed by atoms with Crippen molar-refractivity contribution in [3.05, 3.63) is 64.7 Å². The summed E-state index contributed by atoms with van der Waals surface area (Å²) in [5.41, 5.74) is 5.89. The van der Waals surface area contributed by atoms with Crippen LogP contribution >= 0.6 is 11.8 Å². The van der Waals surface area contributed by atoms with E-state index in [1.54, 1.807) is 13.8 Å². The molecule has 1 aromatic carbocycles. The van der Waals surface area contributed by atoms with Gasteiger partial charge in [0.1, 0.15) is 22.5 Å². The Hall–Kier alpha value is -3.29. The number of aliphatic imine (C=N–C) groups is 1. The second-order valence-corrected chi connectivity index (χ2v) is 10.0. The van der Waals surface area contributed by atoms with E-state index in [0.29, 0.717) is 17.5 Å². The molecule has 1 fully saturated rings. The lowest BCUT2D eigenvalue weighted by Crippen LogP contribution is -2.47. The van der Waals surface area contributed by atoms with Crippen LogP contribution in [-0.4, -0.2) is 38.6 Å². The molecular formula is C24H23F2N5O2S. The molecule has 176 valence electrons. The van der Waals surface area contributed by atoms with Crippen LogP contribution in [0.2, 0.25) is 0 Å². The first-order chi connectivity index (χ1) is 16.1. The molecule has 0 bridgehead atoms. The van der Waals surface area contributed by atoms with E-state index in [9.17, 15) is 14.3 Å². The van der Waals surface area contributed by atoms with Crippen LogP contribution in [0.5, 0.6) is 0 Å². The van der Waals surface area contributed by atoms with Crippen LogP contribution in [0.15, 0.2) is 41.5 Å². The molecule has 1 aliphatic heterocycles. The fourth-order valence-corrected chi connectivity index (χ4v) is 5.69. The predicted molar refractivity (Wildman–Crippen MR) is 126 cm³/mol. The molecule has 2 heterocycles. The summed E-state index contributed by atoms with van der Waals surface area (Å²) in [6.07, 6.45) is 2.93. The highest BCUT2D eigenvalue weighted by Gasteiger charge is 2.70. The average Bonchev–Trinajstić information content (AvgIpc) is 3.57. The third kappa shape index (κ3) is 4.17. The SMILES string of the molecule is CC(CO)NC(=O)[C@]12C[C@H]1[C@@](C)(c1cc(/C=C(\F)c3ccc(C#N)cn3)ccc1F)N=C(N)S2. The molecule has 0 spiro atoms. The minimum Gasteiger partial charge on any atom is -0.394 e. The zero-order valence-corrected chi connectivity index (χ0v) is 19.4. The number of amidine groups is 1. The van der Waals surface area contributed by atoms with Crippen molar-refractivity contribution >= 4 is 34.7 Å². The van der Waals surface area contributed by atoms with Gasteiger partial charge in [0.15, 0.2) is 5.17 Å². The summed E-state index contributed by atoms with van der Waals surface area (Å²) in [4.78, 5) is 21.4. The van der Waals surface area contributed by atoms with Crippen molar-refractivity contribution in [1.82, 2.24) is 10.3 Å². The Kier molecular flexibility index (Phi) is 6.18. The molecule has 4 atom stereocenters. The fourth-order valence-electron chi connectivity index (χ4n) is 4.31. The number of carbonyl (C=O) groups is 1. The number of hydrogen-bond acceptors (Lipinski definition) is 7. The van der Waals surface area contributed by atoms with Gasteiger partial charge in [0, 0.05) is 23.7 Å². The molecule has 10 heteroatoms. The Labute approximate surface area is 199 Å². The molecule has 7 nitrogen and oxygen atoms in total. The van der Waals surface area contributed by atoms with Gasteiger partial charge in [-0.1, -0.05) is 17.8 Å². The highest BCUT2D eigenvalue weighted by molar-refractivity contribution is 8.15. The monoisotopic (exact) mass is 483 g/mol. The Morgan fingerprint density at radius 3 is 2.88 bits per heavy atom. The number of aliphatic hydroxyl groups excluding tert-OH is 1. The van der Waals surface area contributed by atoms with Gasteiger partial charge in [0.05, 0.1) is 23.4 Å². The predicted octanol–water partition coefficient (Wildman–Crippen LogP) is 3.09. The van der Waals surface area contributed by atoms with Crippen molar-refractivity contribution in [3.8, 4) is 6.07 Å². The van der Waals surface area contributed by atoms with E-state index in [-0.39, 0.29) is 34.9 Å². The number of halogens is 2. The number of fused-ring (bicyclic) bond motifs is 1. The highest BCUT2D eigenvalue weighted by Crippen LogP contribution is 2.66. The zero-order valence-electron chi connectivity index (χ0n) is 18.5. The van der Waals surface area contributed by atoms with Crippen LogP contribution in [0.4, 0.5) is 8.78 Å². The van der Waals surface area contributed by atoms with Gasteiger partial charge in [-0.3, -0.25) is 14.8 Å². The van der Waals surface area contributed by atoms with E-state index >= 15 is 4.39 Å². The maximum atomic E-state index is 15.0. The number of hydrogen-bond donors (Lipinski definition) is 3. The molecule has 4 rings (SSSR count). The zero-order chi connectivity index (χ0) is 24.7. The van der Waals surface area contributed by atoms with E-state index in [2.05, 4.69) is 15.3 Å². The largest absolute Gasteiger partial charge is 0.394 e. The first-order valence-corrected chi connectivity index (χ1v) is 11.4. The van der Waals surface area contributed by atoms with Crippen LogP contribution in [0.3, 0.4) is 0 Å².